The summed E-state index contributed by atoms with van der Waals surface area (Å²) in [5, 5.41) is 13.8. The predicted octanol–water partition coefficient (Wildman–Crippen LogP) is -2.22. The number of hydrogen-bond acceptors (Lipinski definition) is 4. The summed E-state index contributed by atoms with van der Waals surface area (Å²) < 4.78 is 0. The first kappa shape index (κ1) is 18.6. The number of piperidine rings is 1. The fourth-order valence-corrected chi connectivity index (χ4v) is 2.40. The third-order valence-electron chi connectivity index (χ3n) is 3.52. The van der Waals surface area contributed by atoms with Crippen LogP contribution in [0, 0.1) is 12.8 Å². The Morgan fingerprint density at radius 3 is 2.76 bits per heavy atom. The molecule has 0 aromatic carbocycles. The number of anilines is 1. The van der Waals surface area contributed by atoms with Crippen LogP contribution in [0.25, 0.3) is 0 Å². The number of urea groups is 1. The standard InChI is InChI=1S/C14H19N3O3.K/c1-9-6-7-17(11(8-9)13(18)19)14(20)16-12-5-3-4-10(2)15-12;/h3-5,9,11H,6-8H2,1-2H3,(H,18,19)(H,15,16,20);/q;+1/p-1. The maximum atomic E-state index is 12.2. The minimum atomic E-state index is -1.20. The number of amides is 2. The number of pyridine rings is 1. The van der Waals surface area contributed by atoms with Crippen molar-refractivity contribution in [3.8, 4) is 0 Å². The van der Waals surface area contributed by atoms with Crippen LogP contribution in [0.5, 0.6) is 0 Å². The van der Waals surface area contributed by atoms with Crippen molar-refractivity contribution in [1.82, 2.24) is 9.88 Å². The van der Waals surface area contributed by atoms with E-state index in [2.05, 4.69) is 10.3 Å². The summed E-state index contributed by atoms with van der Waals surface area (Å²) in [5.41, 5.74) is 0.784. The van der Waals surface area contributed by atoms with Gasteiger partial charge in [-0.05, 0) is 37.8 Å². The van der Waals surface area contributed by atoms with Gasteiger partial charge in [0.05, 0.1) is 12.0 Å². The molecule has 1 saturated heterocycles. The van der Waals surface area contributed by atoms with Gasteiger partial charge in [0.2, 0.25) is 0 Å². The predicted molar refractivity (Wildman–Crippen MR) is 71.9 cm³/mol. The van der Waals surface area contributed by atoms with Crippen molar-refractivity contribution in [3.63, 3.8) is 0 Å². The molecule has 6 nitrogen and oxygen atoms in total. The molecule has 21 heavy (non-hydrogen) atoms. The van der Waals surface area contributed by atoms with E-state index in [1.807, 2.05) is 19.9 Å². The van der Waals surface area contributed by atoms with Gasteiger partial charge in [-0.1, -0.05) is 13.0 Å². The van der Waals surface area contributed by atoms with Crippen LogP contribution < -0.4 is 61.8 Å². The number of rotatable bonds is 2. The van der Waals surface area contributed by atoms with Crippen LogP contribution in [0.4, 0.5) is 10.6 Å². The van der Waals surface area contributed by atoms with E-state index in [1.165, 1.54) is 4.90 Å². The monoisotopic (exact) mass is 315 g/mol. The van der Waals surface area contributed by atoms with Gasteiger partial charge in [-0.3, -0.25) is 5.32 Å². The molecule has 108 valence electrons. The quantitative estimate of drug-likeness (QED) is 0.626. The van der Waals surface area contributed by atoms with E-state index in [9.17, 15) is 14.7 Å². The zero-order chi connectivity index (χ0) is 14.7. The van der Waals surface area contributed by atoms with Gasteiger partial charge >= 0.3 is 57.4 Å². The van der Waals surface area contributed by atoms with E-state index in [1.54, 1.807) is 12.1 Å². The third-order valence-corrected chi connectivity index (χ3v) is 3.52. The Kier molecular flexibility index (Phi) is 7.28. The zero-order valence-electron chi connectivity index (χ0n) is 12.6. The van der Waals surface area contributed by atoms with Crippen molar-refractivity contribution in [2.75, 3.05) is 11.9 Å². The van der Waals surface area contributed by atoms with Gasteiger partial charge in [0.25, 0.3) is 0 Å². The molecular formula is C14H18KN3O3. The first-order chi connectivity index (χ1) is 9.47. The van der Waals surface area contributed by atoms with Gasteiger partial charge in [0.1, 0.15) is 5.82 Å². The molecule has 1 aromatic heterocycles. The van der Waals surface area contributed by atoms with Gasteiger partial charge in [-0.2, -0.15) is 0 Å². The normalized spacial score (nSPS) is 21.3. The van der Waals surface area contributed by atoms with Crippen LogP contribution in [0.2, 0.25) is 0 Å². The molecule has 0 aliphatic carbocycles. The number of carboxylic acid groups (broad SMARTS) is 1. The third kappa shape index (κ3) is 5.03. The van der Waals surface area contributed by atoms with Gasteiger partial charge in [-0.15, -0.1) is 0 Å². The number of likely N-dealkylation sites (tertiary alicyclic amines) is 1. The Morgan fingerprint density at radius 1 is 1.43 bits per heavy atom. The summed E-state index contributed by atoms with van der Waals surface area (Å²) in [6.07, 6.45) is 1.22. The van der Waals surface area contributed by atoms with E-state index in [-0.39, 0.29) is 57.3 Å². The van der Waals surface area contributed by atoms with Gasteiger partial charge in [0.15, 0.2) is 0 Å². The Morgan fingerprint density at radius 2 is 2.14 bits per heavy atom. The average molecular weight is 315 g/mol. The number of aryl methyl sites for hydroxylation is 1. The first-order valence-corrected chi connectivity index (χ1v) is 6.69. The maximum absolute atomic E-state index is 12.2. The van der Waals surface area contributed by atoms with Gasteiger partial charge in [0, 0.05) is 12.2 Å². The maximum Gasteiger partial charge on any atom is 1.00 e. The Balaban J connectivity index is 0.00000220. The number of aliphatic carboxylic acids is 1. The molecule has 2 atom stereocenters. The number of carbonyl (C=O) groups is 2. The van der Waals surface area contributed by atoms with Crippen molar-refractivity contribution < 1.29 is 66.1 Å². The van der Waals surface area contributed by atoms with Crippen LogP contribution in [0.15, 0.2) is 18.2 Å². The van der Waals surface area contributed by atoms with E-state index in [4.69, 9.17) is 0 Å². The summed E-state index contributed by atoms with van der Waals surface area (Å²) in [7, 11) is 0. The molecule has 0 spiro atoms. The summed E-state index contributed by atoms with van der Waals surface area (Å²) in [4.78, 5) is 28.8. The Labute approximate surface area is 166 Å². The summed E-state index contributed by atoms with van der Waals surface area (Å²) in [5.74, 6) is -0.506. The minimum Gasteiger partial charge on any atom is -0.548 e. The van der Waals surface area contributed by atoms with Crippen LogP contribution >= 0.6 is 0 Å². The molecule has 0 saturated carbocycles. The number of carbonyl (C=O) groups excluding carboxylic acids is 2. The minimum absolute atomic E-state index is 0. The largest absolute Gasteiger partial charge is 1.00 e. The van der Waals surface area contributed by atoms with Crippen molar-refractivity contribution in [1.29, 1.82) is 0 Å². The smallest absolute Gasteiger partial charge is 0.548 e. The molecule has 0 radical (unpaired) electrons. The molecule has 7 heteroatoms. The topological polar surface area (TPSA) is 85.4 Å². The molecular weight excluding hydrogens is 297 g/mol. The van der Waals surface area contributed by atoms with E-state index < -0.39 is 18.0 Å². The number of hydrogen-bond donors (Lipinski definition) is 1. The fraction of sp³-hybridized carbons (Fsp3) is 0.500. The molecule has 1 aliphatic rings. The average Bonchev–Trinajstić information content (AvgIpc) is 2.38. The van der Waals surface area contributed by atoms with E-state index >= 15 is 0 Å². The fourth-order valence-electron chi connectivity index (χ4n) is 2.40. The number of aromatic nitrogens is 1. The summed E-state index contributed by atoms with van der Waals surface area (Å²) >= 11 is 0. The second-order valence-corrected chi connectivity index (χ2v) is 5.25. The van der Waals surface area contributed by atoms with E-state index in [0.717, 1.165) is 12.1 Å². The number of carboxylic acids is 1. The van der Waals surface area contributed by atoms with Crippen LogP contribution in [0.3, 0.4) is 0 Å². The summed E-state index contributed by atoms with van der Waals surface area (Å²) in [6, 6.07) is 3.97. The molecule has 1 N–H and O–H groups in total. The second-order valence-electron chi connectivity index (χ2n) is 5.25. The Hall–Kier alpha value is -0.474. The number of nitrogens with zero attached hydrogens (tertiary/aromatic N) is 2. The second kappa shape index (κ2) is 8.24. The molecule has 1 aliphatic heterocycles. The summed E-state index contributed by atoms with van der Waals surface area (Å²) in [6.45, 7) is 4.22. The Bertz CT molecular complexity index is 524. The first-order valence-electron chi connectivity index (χ1n) is 6.69. The zero-order valence-corrected chi connectivity index (χ0v) is 15.8. The van der Waals surface area contributed by atoms with Crippen LogP contribution in [-0.4, -0.2) is 34.5 Å². The molecule has 2 rings (SSSR count). The van der Waals surface area contributed by atoms with E-state index in [0.29, 0.717) is 18.8 Å². The molecule has 2 unspecified atom stereocenters. The van der Waals surface area contributed by atoms with Crippen molar-refractivity contribution in [2.24, 2.45) is 5.92 Å². The van der Waals surface area contributed by atoms with Gasteiger partial charge in [-0.25, -0.2) is 9.78 Å². The van der Waals surface area contributed by atoms with Gasteiger partial charge < -0.3 is 14.8 Å². The van der Waals surface area contributed by atoms with Crippen molar-refractivity contribution in [2.45, 2.75) is 32.7 Å². The van der Waals surface area contributed by atoms with Crippen LogP contribution in [-0.2, 0) is 4.79 Å². The molecule has 2 amide bonds. The molecule has 1 fully saturated rings. The molecule has 1 aromatic rings. The van der Waals surface area contributed by atoms with Crippen molar-refractivity contribution >= 4 is 17.8 Å². The SMILES string of the molecule is Cc1cccc(NC(=O)N2CCC(C)CC2C(=O)[O-])n1.[K+]. The van der Waals surface area contributed by atoms with Crippen molar-refractivity contribution in [3.05, 3.63) is 23.9 Å². The molecule has 2 heterocycles. The van der Waals surface area contributed by atoms with Crippen LogP contribution in [0.1, 0.15) is 25.5 Å². The molecule has 0 bridgehead atoms. The number of nitrogens with one attached hydrogen (secondary N) is 1.